The largest absolute Gasteiger partial charge is 0.300 e. The molecule has 0 amide bonds. The molecule has 1 heterocycles. The Labute approximate surface area is 97.2 Å². The molecule has 1 rings (SSSR count). The molecule has 1 nitrogen and oxygen atoms in total. The van der Waals surface area contributed by atoms with E-state index in [1.54, 1.807) is 0 Å². The van der Waals surface area contributed by atoms with E-state index in [4.69, 9.17) is 0 Å². The highest BCUT2D eigenvalue weighted by Crippen LogP contribution is 2.39. The quantitative estimate of drug-likeness (QED) is 0.680. The van der Waals surface area contributed by atoms with Gasteiger partial charge < -0.3 is 4.90 Å². The number of rotatable bonds is 3. The van der Waals surface area contributed by atoms with E-state index in [0.717, 1.165) is 12.0 Å². The molecule has 1 saturated heterocycles. The Morgan fingerprint density at radius 3 is 2.07 bits per heavy atom. The van der Waals surface area contributed by atoms with E-state index in [1.165, 1.54) is 25.9 Å². The van der Waals surface area contributed by atoms with Crippen LogP contribution in [-0.4, -0.2) is 24.0 Å². The van der Waals surface area contributed by atoms with E-state index in [1.807, 2.05) is 13.8 Å². The van der Waals surface area contributed by atoms with Crippen molar-refractivity contribution in [3.63, 3.8) is 0 Å². The molecule has 1 heteroatoms. The zero-order valence-electron chi connectivity index (χ0n) is 11.9. The number of hydrogen-bond donors (Lipinski definition) is 0. The molecule has 0 N–H and O–H groups in total. The van der Waals surface area contributed by atoms with Crippen molar-refractivity contribution in [1.82, 2.24) is 4.90 Å². The van der Waals surface area contributed by atoms with Crippen molar-refractivity contribution >= 4 is 0 Å². The summed E-state index contributed by atoms with van der Waals surface area (Å²) in [6.07, 6.45) is 2.71. The second kappa shape index (κ2) is 6.52. The molecule has 1 aliphatic rings. The van der Waals surface area contributed by atoms with Crippen LogP contribution in [0.2, 0.25) is 0 Å². The van der Waals surface area contributed by atoms with Gasteiger partial charge in [-0.1, -0.05) is 41.0 Å². The van der Waals surface area contributed by atoms with Crippen molar-refractivity contribution in [1.29, 1.82) is 0 Å². The molecule has 0 aliphatic carbocycles. The monoisotopic (exact) mass is 213 g/mol. The average Bonchev–Trinajstić information content (AvgIpc) is 2.64. The Kier molecular flexibility index (Phi) is 6.51. The van der Waals surface area contributed by atoms with Crippen LogP contribution in [0.4, 0.5) is 0 Å². The predicted octanol–water partition coefficient (Wildman–Crippen LogP) is 4.18. The van der Waals surface area contributed by atoms with Crippen LogP contribution in [0.15, 0.2) is 0 Å². The molecule has 2 atom stereocenters. The number of hydrogen-bond acceptors (Lipinski definition) is 1. The third kappa shape index (κ3) is 3.79. The minimum atomic E-state index is 0.582. The van der Waals surface area contributed by atoms with Gasteiger partial charge in [-0.05, 0) is 38.1 Å². The summed E-state index contributed by atoms with van der Waals surface area (Å²) < 4.78 is 0. The third-order valence-electron chi connectivity index (χ3n) is 4.07. The van der Waals surface area contributed by atoms with Gasteiger partial charge in [-0.2, -0.15) is 0 Å². The maximum Gasteiger partial charge on any atom is 0.00411 e. The van der Waals surface area contributed by atoms with E-state index in [2.05, 4.69) is 39.5 Å². The highest BCUT2D eigenvalue weighted by Gasteiger charge is 2.37. The van der Waals surface area contributed by atoms with Gasteiger partial charge >= 0.3 is 0 Å². The van der Waals surface area contributed by atoms with E-state index < -0.39 is 0 Å². The summed E-state index contributed by atoms with van der Waals surface area (Å²) in [6, 6.07) is 0.728. The van der Waals surface area contributed by atoms with Gasteiger partial charge in [0, 0.05) is 12.6 Å². The van der Waals surface area contributed by atoms with E-state index in [0.29, 0.717) is 5.41 Å². The lowest BCUT2D eigenvalue weighted by molar-refractivity contribution is 0.176. The Bertz CT molecular complexity index is 165. The van der Waals surface area contributed by atoms with Crippen LogP contribution in [-0.2, 0) is 0 Å². The molecular weight excluding hydrogens is 182 g/mol. The first kappa shape index (κ1) is 15.0. The maximum absolute atomic E-state index is 2.62. The molecule has 0 saturated carbocycles. The summed E-state index contributed by atoms with van der Waals surface area (Å²) >= 11 is 0. The minimum Gasteiger partial charge on any atom is -0.300 e. The van der Waals surface area contributed by atoms with E-state index >= 15 is 0 Å². The van der Waals surface area contributed by atoms with Gasteiger partial charge in [-0.15, -0.1) is 0 Å². The number of likely N-dealkylation sites (tertiary alicyclic amines) is 1. The normalized spacial score (nSPS) is 28.8. The topological polar surface area (TPSA) is 3.24 Å². The second-order valence-corrected chi connectivity index (χ2v) is 5.28. The van der Waals surface area contributed by atoms with Crippen LogP contribution in [0, 0.1) is 11.3 Å². The number of nitrogens with zero attached hydrogens (tertiary/aromatic N) is 1. The predicted molar refractivity (Wildman–Crippen MR) is 70.2 cm³/mol. The SMILES string of the molecule is CC.CCC(C)C1(C)CCN(C(C)C)C1. The first-order chi connectivity index (χ1) is 6.99. The average molecular weight is 213 g/mol. The molecule has 2 unspecified atom stereocenters. The Balaban J connectivity index is 0.000000921. The highest BCUT2D eigenvalue weighted by molar-refractivity contribution is 4.90. The molecule has 15 heavy (non-hydrogen) atoms. The molecular formula is C14H31N. The van der Waals surface area contributed by atoms with Crippen molar-refractivity contribution in [2.24, 2.45) is 11.3 Å². The molecule has 0 aromatic rings. The molecule has 0 radical (unpaired) electrons. The molecule has 0 bridgehead atoms. The lowest BCUT2D eigenvalue weighted by atomic mass is 9.76. The molecule has 1 aliphatic heterocycles. The van der Waals surface area contributed by atoms with Crippen molar-refractivity contribution in [3.8, 4) is 0 Å². The molecule has 1 fully saturated rings. The van der Waals surface area contributed by atoms with Crippen LogP contribution in [0.5, 0.6) is 0 Å². The Morgan fingerprint density at radius 1 is 1.20 bits per heavy atom. The van der Waals surface area contributed by atoms with Crippen LogP contribution < -0.4 is 0 Å². The summed E-state index contributed by atoms with van der Waals surface area (Å²) in [7, 11) is 0. The van der Waals surface area contributed by atoms with Crippen LogP contribution in [0.3, 0.4) is 0 Å². The van der Waals surface area contributed by atoms with E-state index in [-0.39, 0.29) is 0 Å². The second-order valence-electron chi connectivity index (χ2n) is 5.28. The van der Waals surface area contributed by atoms with Crippen molar-refractivity contribution in [2.75, 3.05) is 13.1 Å². The lowest BCUT2D eigenvalue weighted by Crippen LogP contribution is -2.33. The summed E-state index contributed by atoms with van der Waals surface area (Å²) in [6.45, 7) is 18.4. The van der Waals surface area contributed by atoms with Gasteiger partial charge in [-0.3, -0.25) is 0 Å². The highest BCUT2D eigenvalue weighted by atomic mass is 15.2. The fraction of sp³-hybridized carbons (Fsp3) is 1.00. The standard InChI is InChI=1S/C12H25N.C2H6/c1-6-11(4)12(5)7-8-13(9-12)10(2)3;1-2/h10-11H,6-9H2,1-5H3;1-2H3. The van der Waals surface area contributed by atoms with Crippen molar-refractivity contribution < 1.29 is 0 Å². The molecule has 0 aromatic carbocycles. The molecule has 0 aromatic heterocycles. The van der Waals surface area contributed by atoms with Crippen LogP contribution >= 0.6 is 0 Å². The van der Waals surface area contributed by atoms with Gasteiger partial charge in [0.1, 0.15) is 0 Å². The van der Waals surface area contributed by atoms with Gasteiger partial charge in [0.25, 0.3) is 0 Å². The first-order valence-corrected chi connectivity index (χ1v) is 6.73. The zero-order chi connectivity index (χ0) is 12.1. The van der Waals surface area contributed by atoms with Crippen molar-refractivity contribution in [2.45, 2.75) is 67.3 Å². The first-order valence-electron chi connectivity index (χ1n) is 6.73. The van der Waals surface area contributed by atoms with Crippen LogP contribution in [0.25, 0.3) is 0 Å². The molecule has 0 spiro atoms. The Hall–Kier alpha value is -0.0400. The third-order valence-corrected chi connectivity index (χ3v) is 4.07. The summed E-state index contributed by atoms with van der Waals surface area (Å²) in [5, 5.41) is 0. The Morgan fingerprint density at radius 2 is 1.73 bits per heavy atom. The van der Waals surface area contributed by atoms with Crippen molar-refractivity contribution in [3.05, 3.63) is 0 Å². The van der Waals surface area contributed by atoms with Crippen LogP contribution in [0.1, 0.15) is 61.3 Å². The minimum absolute atomic E-state index is 0.582. The maximum atomic E-state index is 2.62. The van der Waals surface area contributed by atoms with Gasteiger partial charge in [0.2, 0.25) is 0 Å². The van der Waals surface area contributed by atoms with Gasteiger partial charge in [-0.25, -0.2) is 0 Å². The fourth-order valence-corrected chi connectivity index (χ4v) is 2.36. The van der Waals surface area contributed by atoms with E-state index in [9.17, 15) is 0 Å². The smallest absolute Gasteiger partial charge is 0.00411 e. The lowest BCUT2D eigenvalue weighted by Gasteiger charge is -2.32. The summed E-state index contributed by atoms with van der Waals surface area (Å²) in [4.78, 5) is 2.62. The zero-order valence-corrected chi connectivity index (χ0v) is 11.9. The summed E-state index contributed by atoms with van der Waals surface area (Å²) in [5.41, 5.74) is 0.582. The summed E-state index contributed by atoms with van der Waals surface area (Å²) in [5.74, 6) is 0.872. The fourth-order valence-electron chi connectivity index (χ4n) is 2.36. The van der Waals surface area contributed by atoms with Gasteiger partial charge in [0.15, 0.2) is 0 Å². The van der Waals surface area contributed by atoms with Gasteiger partial charge in [0.05, 0.1) is 0 Å². The molecule has 92 valence electrons.